The number of nitrogens with one attached hydrogen (secondary N) is 2. The lowest BCUT2D eigenvalue weighted by molar-refractivity contribution is -0.142. The van der Waals surface area contributed by atoms with E-state index in [4.69, 9.17) is 0 Å². The molecule has 2 N–H and O–H groups in total. The van der Waals surface area contributed by atoms with Crippen LogP contribution in [0.1, 0.15) is 11.3 Å². The van der Waals surface area contributed by atoms with Gasteiger partial charge in [-0.3, -0.25) is 5.32 Å². The number of amides is 2. The minimum Gasteiger partial charge on any atom is -0.378 e. The predicted molar refractivity (Wildman–Crippen MR) is 78.1 cm³/mol. The summed E-state index contributed by atoms with van der Waals surface area (Å²) in [6.45, 7) is 0.222. The van der Waals surface area contributed by atoms with Crippen LogP contribution in [0.2, 0.25) is 0 Å². The fraction of sp³-hybridized carbons (Fsp3) is 0.286. The van der Waals surface area contributed by atoms with Crippen molar-refractivity contribution in [2.75, 3.05) is 24.3 Å². The van der Waals surface area contributed by atoms with Crippen molar-refractivity contribution in [3.8, 4) is 0 Å². The van der Waals surface area contributed by atoms with E-state index in [0.29, 0.717) is 6.07 Å². The third-order valence-electron chi connectivity index (χ3n) is 2.94. The molecule has 0 spiro atoms. The molecule has 124 valence electrons. The summed E-state index contributed by atoms with van der Waals surface area (Å²) >= 11 is 0. The number of carbonyl (C=O) groups is 1. The van der Waals surface area contributed by atoms with Crippen molar-refractivity contribution in [2.24, 2.45) is 0 Å². The van der Waals surface area contributed by atoms with Gasteiger partial charge in [0.2, 0.25) is 5.88 Å². The highest BCUT2D eigenvalue weighted by Gasteiger charge is 2.35. The average molecular weight is 328 g/mol. The van der Waals surface area contributed by atoms with Gasteiger partial charge in [0, 0.05) is 32.4 Å². The zero-order valence-electron chi connectivity index (χ0n) is 12.4. The Morgan fingerprint density at radius 3 is 2.43 bits per heavy atom. The molecule has 0 unspecified atom stereocenters. The van der Waals surface area contributed by atoms with Crippen molar-refractivity contribution in [2.45, 2.75) is 12.7 Å². The number of nitrogens with zero attached hydrogens (tertiary/aromatic N) is 2. The second-order valence-electron chi connectivity index (χ2n) is 4.94. The van der Waals surface area contributed by atoms with Crippen molar-refractivity contribution in [3.63, 3.8) is 0 Å². The molecule has 0 atom stereocenters. The molecule has 0 aliphatic rings. The van der Waals surface area contributed by atoms with Crippen molar-refractivity contribution < 1.29 is 22.5 Å². The Labute approximate surface area is 130 Å². The van der Waals surface area contributed by atoms with Gasteiger partial charge in [-0.05, 0) is 17.7 Å². The molecular formula is C14H15F3N4O2. The quantitative estimate of drug-likeness (QED) is 0.905. The van der Waals surface area contributed by atoms with Crippen molar-refractivity contribution in [1.82, 2.24) is 10.5 Å². The number of hydrogen-bond acceptors (Lipinski definition) is 4. The van der Waals surface area contributed by atoms with E-state index >= 15 is 0 Å². The second-order valence-corrected chi connectivity index (χ2v) is 4.94. The lowest BCUT2D eigenvalue weighted by atomic mass is 10.2. The Bertz CT molecular complexity index is 665. The summed E-state index contributed by atoms with van der Waals surface area (Å²) < 4.78 is 41.4. The first kappa shape index (κ1) is 16.7. The molecule has 6 nitrogen and oxygen atoms in total. The number of halogens is 3. The molecule has 0 fully saturated rings. The Morgan fingerprint density at radius 1 is 1.26 bits per heavy atom. The molecular weight excluding hydrogens is 313 g/mol. The molecule has 0 saturated carbocycles. The highest BCUT2D eigenvalue weighted by Crippen LogP contribution is 2.29. The van der Waals surface area contributed by atoms with E-state index in [1.54, 1.807) is 0 Å². The van der Waals surface area contributed by atoms with Gasteiger partial charge in [0.25, 0.3) is 0 Å². The summed E-state index contributed by atoms with van der Waals surface area (Å²) in [4.78, 5) is 13.6. The van der Waals surface area contributed by atoms with Gasteiger partial charge in [0.1, 0.15) is 0 Å². The summed E-state index contributed by atoms with van der Waals surface area (Å²) in [6, 6.07) is 7.39. The number of anilines is 2. The van der Waals surface area contributed by atoms with Gasteiger partial charge in [-0.2, -0.15) is 13.2 Å². The lowest BCUT2D eigenvalue weighted by Crippen LogP contribution is -2.28. The highest BCUT2D eigenvalue weighted by molar-refractivity contribution is 5.87. The maximum atomic E-state index is 12.3. The van der Waals surface area contributed by atoms with E-state index in [0.717, 1.165) is 11.3 Å². The first-order valence-electron chi connectivity index (χ1n) is 6.61. The standard InChI is InChI=1S/C14H15F3N4O2/c1-21(2)10-5-3-9(4-6-10)8-18-13(22)19-12-7-11(20-23-12)14(15,16)17/h3-7H,8H2,1-2H3,(H2,18,19,22). The molecule has 2 aromatic rings. The average Bonchev–Trinajstić information content (AvgIpc) is 2.94. The van der Waals surface area contributed by atoms with E-state index in [9.17, 15) is 18.0 Å². The van der Waals surface area contributed by atoms with Gasteiger partial charge < -0.3 is 14.7 Å². The maximum Gasteiger partial charge on any atom is 0.436 e. The van der Waals surface area contributed by atoms with Gasteiger partial charge in [0.05, 0.1) is 0 Å². The van der Waals surface area contributed by atoms with Crippen LogP contribution in [-0.2, 0) is 12.7 Å². The number of hydrogen-bond donors (Lipinski definition) is 2. The lowest BCUT2D eigenvalue weighted by Gasteiger charge is -2.12. The summed E-state index contributed by atoms with van der Waals surface area (Å²) in [5.41, 5.74) is 0.658. The zero-order valence-corrected chi connectivity index (χ0v) is 12.4. The third kappa shape index (κ3) is 4.63. The fourth-order valence-electron chi connectivity index (χ4n) is 1.72. The monoisotopic (exact) mass is 328 g/mol. The van der Waals surface area contributed by atoms with Crippen LogP contribution in [0.15, 0.2) is 34.9 Å². The molecule has 1 aromatic heterocycles. The Morgan fingerprint density at radius 2 is 1.91 bits per heavy atom. The topological polar surface area (TPSA) is 70.4 Å². The molecule has 0 aliphatic heterocycles. The molecule has 0 bridgehead atoms. The van der Waals surface area contributed by atoms with Crippen LogP contribution in [0.25, 0.3) is 0 Å². The third-order valence-corrected chi connectivity index (χ3v) is 2.94. The van der Waals surface area contributed by atoms with Crippen LogP contribution in [0.4, 0.5) is 29.5 Å². The molecule has 0 saturated heterocycles. The molecule has 2 rings (SSSR count). The maximum absolute atomic E-state index is 12.3. The fourth-order valence-corrected chi connectivity index (χ4v) is 1.72. The molecule has 1 aromatic carbocycles. The van der Waals surface area contributed by atoms with Crippen LogP contribution >= 0.6 is 0 Å². The van der Waals surface area contributed by atoms with Crippen molar-refractivity contribution in [1.29, 1.82) is 0 Å². The number of benzene rings is 1. The van der Waals surface area contributed by atoms with Gasteiger partial charge in [-0.25, -0.2) is 4.79 Å². The Balaban J connectivity index is 1.86. The first-order valence-corrected chi connectivity index (χ1v) is 6.61. The summed E-state index contributed by atoms with van der Waals surface area (Å²) in [6.07, 6.45) is -4.62. The predicted octanol–water partition coefficient (Wildman–Crippen LogP) is 3.08. The number of carbonyl (C=O) groups excluding carboxylic acids is 1. The summed E-state index contributed by atoms with van der Waals surface area (Å²) in [5, 5.41) is 7.50. The van der Waals surface area contributed by atoms with E-state index in [2.05, 4.69) is 20.3 Å². The number of urea groups is 1. The molecule has 2 amide bonds. The van der Waals surface area contributed by atoms with Crippen molar-refractivity contribution >= 4 is 17.6 Å². The van der Waals surface area contributed by atoms with Gasteiger partial charge >= 0.3 is 12.2 Å². The van der Waals surface area contributed by atoms with Crippen LogP contribution in [-0.4, -0.2) is 25.3 Å². The Hall–Kier alpha value is -2.71. The largest absolute Gasteiger partial charge is 0.436 e. The van der Waals surface area contributed by atoms with Crippen LogP contribution in [0.3, 0.4) is 0 Å². The smallest absolute Gasteiger partial charge is 0.378 e. The van der Waals surface area contributed by atoms with E-state index in [-0.39, 0.29) is 12.4 Å². The summed E-state index contributed by atoms with van der Waals surface area (Å²) in [5.74, 6) is -0.377. The van der Waals surface area contributed by atoms with Crippen LogP contribution < -0.4 is 15.5 Å². The second kappa shape index (κ2) is 6.59. The molecule has 1 heterocycles. The number of alkyl halides is 3. The van der Waals surface area contributed by atoms with E-state index < -0.39 is 17.9 Å². The minimum absolute atomic E-state index is 0.222. The molecule has 0 aliphatic carbocycles. The molecule has 23 heavy (non-hydrogen) atoms. The molecule has 9 heteroatoms. The summed E-state index contributed by atoms with van der Waals surface area (Å²) in [7, 11) is 3.82. The Kier molecular flexibility index (Phi) is 4.77. The normalized spacial score (nSPS) is 11.2. The molecule has 0 radical (unpaired) electrons. The number of aromatic nitrogens is 1. The minimum atomic E-state index is -4.62. The van der Waals surface area contributed by atoms with E-state index in [1.165, 1.54) is 0 Å². The van der Waals surface area contributed by atoms with Gasteiger partial charge in [-0.1, -0.05) is 17.3 Å². The zero-order chi connectivity index (χ0) is 17.0. The number of rotatable bonds is 4. The SMILES string of the molecule is CN(C)c1ccc(CNC(=O)Nc2cc(C(F)(F)F)no2)cc1. The van der Waals surface area contributed by atoms with Crippen LogP contribution in [0.5, 0.6) is 0 Å². The van der Waals surface area contributed by atoms with Crippen LogP contribution in [0, 0.1) is 0 Å². The first-order chi connectivity index (χ1) is 10.8. The highest BCUT2D eigenvalue weighted by atomic mass is 19.4. The van der Waals surface area contributed by atoms with E-state index in [1.807, 2.05) is 43.3 Å². The van der Waals surface area contributed by atoms with Gasteiger partial charge in [0.15, 0.2) is 5.69 Å². The van der Waals surface area contributed by atoms with Gasteiger partial charge in [-0.15, -0.1) is 0 Å². The van der Waals surface area contributed by atoms with Crippen molar-refractivity contribution in [3.05, 3.63) is 41.6 Å².